The number of carbonyl (C=O) groups is 2. The molecule has 34 heavy (non-hydrogen) atoms. The Labute approximate surface area is 202 Å². The molecular formula is C23H37N5O5S. The topological polar surface area (TPSA) is 129 Å². The van der Waals surface area contributed by atoms with Crippen LogP contribution in [0.25, 0.3) is 0 Å². The maximum atomic E-state index is 12.7. The molecule has 1 heterocycles. The van der Waals surface area contributed by atoms with Gasteiger partial charge in [-0.25, -0.2) is 13.1 Å². The lowest BCUT2D eigenvalue weighted by Crippen LogP contribution is -2.40. The van der Waals surface area contributed by atoms with E-state index < -0.39 is 21.9 Å². The Kier molecular flexibility index (Phi) is 10.3. The van der Waals surface area contributed by atoms with E-state index >= 15 is 0 Å². The summed E-state index contributed by atoms with van der Waals surface area (Å²) in [4.78, 5) is 24.9. The summed E-state index contributed by atoms with van der Waals surface area (Å²) in [7, 11) is -3.35. The highest BCUT2D eigenvalue weighted by Gasteiger charge is 2.29. The standard InChI is InChI=1S/C23H37N5O5S/c1-6-33-23(30)21(11-16(2)3)22(29)26-19-9-7-18(8-10-19)14-28-20(12-24-27-28)13-25-34(31,32)15-17(4)5/h7-10,12,16-17,21,24-25,27H,6,11,13-15H2,1-5H3,(H,26,29). The van der Waals surface area contributed by atoms with Crippen molar-refractivity contribution in [2.45, 2.75) is 47.6 Å². The molecule has 1 aliphatic rings. The van der Waals surface area contributed by atoms with Gasteiger partial charge in [-0.2, -0.15) is 0 Å². The molecule has 0 saturated carbocycles. The number of sulfonamides is 1. The van der Waals surface area contributed by atoms with Gasteiger partial charge in [0.25, 0.3) is 0 Å². The van der Waals surface area contributed by atoms with E-state index in [2.05, 4.69) is 21.0 Å². The number of rotatable bonds is 13. The molecule has 0 aromatic heterocycles. The minimum absolute atomic E-state index is 0.0411. The third kappa shape index (κ3) is 8.96. The van der Waals surface area contributed by atoms with E-state index in [9.17, 15) is 18.0 Å². The molecule has 0 radical (unpaired) electrons. The van der Waals surface area contributed by atoms with Gasteiger partial charge in [0.1, 0.15) is 5.92 Å². The summed E-state index contributed by atoms with van der Waals surface area (Å²) in [6.07, 6.45) is 2.11. The minimum atomic E-state index is -3.35. The molecule has 190 valence electrons. The summed E-state index contributed by atoms with van der Waals surface area (Å²) in [6, 6.07) is 7.25. The Morgan fingerprint density at radius 3 is 2.35 bits per heavy atom. The van der Waals surface area contributed by atoms with E-state index in [1.54, 1.807) is 30.3 Å². The zero-order valence-electron chi connectivity index (χ0n) is 20.6. The Morgan fingerprint density at radius 2 is 1.76 bits per heavy atom. The Bertz CT molecular complexity index is 960. The third-order valence-electron chi connectivity index (χ3n) is 4.97. The number of amides is 1. The highest BCUT2D eigenvalue weighted by Crippen LogP contribution is 2.19. The van der Waals surface area contributed by atoms with Crippen LogP contribution in [0, 0.1) is 17.8 Å². The van der Waals surface area contributed by atoms with Gasteiger partial charge in [0.15, 0.2) is 0 Å². The van der Waals surface area contributed by atoms with E-state index in [-0.39, 0.29) is 36.6 Å². The molecule has 10 nitrogen and oxygen atoms in total. The van der Waals surface area contributed by atoms with Crippen molar-refractivity contribution in [3.05, 3.63) is 41.7 Å². The van der Waals surface area contributed by atoms with Crippen LogP contribution in [0.2, 0.25) is 0 Å². The number of ether oxygens (including phenoxy) is 1. The number of nitrogens with one attached hydrogen (secondary N) is 4. The highest BCUT2D eigenvalue weighted by atomic mass is 32.2. The molecule has 2 rings (SSSR count). The number of esters is 1. The van der Waals surface area contributed by atoms with Crippen LogP contribution in [0.4, 0.5) is 5.69 Å². The highest BCUT2D eigenvalue weighted by molar-refractivity contribution is 7.89. The second-order valence-electron chi connectivity index (χ2n) is 9.09. The number of hydrogen-bond donors (Lipinski definition) is 4. The second-order valence-corrected chi connectivity index (χ2v) is 10.9. The first kappa shape index (κ1) is 27.6. The average molecular weight is 496 g/mol. The Balaban J connectivity index is 1.95. The van der Waals surface area contributed by atoms with Gasteiger partial charge in [0.2, 0.25) is 15.9 Å². The molecule has 1 amide bonds. The fraction of sp³-hybridized carbons (Fsp3) is 0.565. The largest absolute Gasteiger partial charge is 0.465 e. The van der Waals surface area contributed by atoms with Crippen molar-refractivity contribution in [2.75, 3.05) is 24.2 Å². The van der Waals surface area contributed by atoms with Crippen LogP contribution < -0.4 is 21.0 Å². The fourth-order valence-corrected chi connectivity index (χ4v) is 4.81. The maximum Gasteiger partial charge on any atom is 0.318 e. The summed E-state index contributed by atoms with van der Waals surface area (Å²) in [5, 5.41) is 4.60. The first-order chi connectivity index (χ1) is 16.0. The lowest BCUT2D eigenvalue weighted by molar-refractivity contribution is -0.151. The molecule has 11 heteroatoms. The molecule has 4 N–H and O–H groups in total. The van der Waals surface area contributed by atoms with E-state index in [4.69, 9.17) is 4.74 Å². The predicted octanol–water partition coefficient (Wildman–Crippen LogP) is 2.09. The second kappa shape index (κ2) is 12.7. The summed E-state index contributed by atoms with van der Waals surface area (Å²) >= 11 is 0. The van der Waals surface area contributed by atoms with E-state index in [0.29, 0.717) is 18.7 Å². The molecule has 1 unspecified atom stereocenters. The first-order valence-electron chi connectivity index (χ1n) is 11.5. The molecule has 1 atom stereocenters. The third-order valence-corrected chi connectivity index (χ3v) is 6.66. The van der Waals surface area contributed by atoms with Gasteiger partial charge in [0, 0.05) is 11.9 Å². The van der Waals surface area contributed by atoms with Gasteiger partial charge in [0.05, 0.1) is 31.1 Å². The van der Waals surface area contributed by atoms with Gasteiger partial charge >= 0.3 is 5.97 Å². The number of benzene rings is 1. The van der Waals surface area contributed by atoms with E-state index in [1.807, 2.05) is 39.8 Å². The molecule has 1 aromatic carbocycles. The monoisotopic (exact) mass is 495 g/mol. The predicted molar refractivity (Wildman–Crippen MR) is 131 cm³/mol. The molecule has 0 fully saturated rings. The van der Waals surface area contributed by atoms with Crippen LogP contribution in [-0.2, 0) is 30.9 Å². The summed E-state index contributed by atoms with van der Waals surface area (Å²) in [6.45, 7) is 10.2. The van der Waals surface area contributed by atoms with Crippen LogP contribution in [0.15, 0.2) is 36.2 Å². The zero-order valence-corrected chi connectivity index (χ0v) is 21.4. The molecule has 1 aromatic rings. The van der Waals surface area contributed by atoms with Crippen LogP contribution in [0.1, 0.15) is 46.6 Å². The number of hydrogen-bond acceptors (Lipinski definition) is 8. The molecule has 1 aliphatic heterocycles. The fourth-order valence-electron chi connectivity index (χ4n) is 3.44. The molecule has 0 aliphatic carbocycles. The van der Waals surface area contributed by atoms with Crippen molar-refractivity contribution in [2.24, 2.45) is 17.8 Å². The Morgan fingerprint density at radius 1 is 1.09 bits per heavy atom. The van der Waals surface area contributed by atoms with Crippen molar-refractivity contribution >= 4 is 27.6 Å². The van der Waals surface area contributed by atoms with E-state index in [0.717, 1.165) is 11.3 Å². The number of anilines is 1. The summed E-state index contributed by atoms with van der Waals surface area (Å²) in [5.41, 5.74) is 8.12. The van der Waals surface area contributed by atoms with Crippen LogP contribution in [0.5, 0.6) is 0 Å². The smallest absolute Gasteiger partial charge is 0.318 e. The number of carbonyl (C=O) groups excluding carboxylic acids is 2. The summed E-state index contributed by atoms with van der Waals surface area (Å²) < 4.78 is 31.9. The SMILES string of the molecule is CCOC(=O)C(CC(C)C)C(=O)Nc1ccc(CN2NNC=C2CNS(=O)(=O)CC(C)C)cc1. The molecule has 0 saturated heterocycles. The van der Waals surface area contributed by atoms with Gasteiger partial charge < -0.3 is 15.5 Å². The number of nitrogens with zero attached hydrogens (tertiary/aromatic N) is 1. The van der Waals surface area contributed by atoms with Gasteiger partial charge in [-0.1, -0.05) is 39.8 Å². The molecule has 0 bridgehead atoms. The van der Waals surface area contributed by atoms with Crippen molar-refractivity contribution in [3.8, 4) is 0 Å². The average Bonchev–Trinajstić information content (AvgIpc) is 3.18. The lowest BCUT2D eigenvalue weighted by atomic mass is 9.96. The summed E-state index contributed by atoms with van der Waals surface area (Å²) in [5.74, 6) is -1.47. The Hall–Kier alpha value is -2.63. The quantitative estimate of drug-likeness (QED) is 0.242. The maximum absolute atomic E-state index is 12.7. The van der Waals surface area contributed by atoms with Crippen molar-refractivity contribution in [1.82, 2.24) is 20.7 Å². The zero-order chi connectivity index (χ0) is 25.3. The van der Waals surface area contributed by atoms with Gasteiger partial charge in [-0.05, 0) is 42.9 Å². The minimum Gasteiger partial charge on any atom is -0.465 e. The normalized spacial score (nSPS) is 14.7. The van der Waals surface area contributed by atoms with Crippen LogP contribution in [-0.4, -0.2) is 44.2 Å². The number of hydrazine groups is 2. The molecular weight excluding hydrogens is 458 g/mol. The first-order valence-corrected chi connectivity index (χ1v) is 13.2. The van der Waals surface area contributed by atoms with Gasteiger partial charge in [-0.15, -0.1) is 5.53 Å². The van der Waals surface area contributed by atoms with Crippen LogP contribution >= 0.6 is 0 Å². The van der Waals surface area contributed by atoms with Crippen molar-refractivity contribution < 1.29 is 22.7 Å². The van der Waals surface area contributed by atoms with E-state index in [1.165, 1.54) is 0 Å². The van der Waals surface area contributed by atoms with Crippen molar-refractivity contribution in [3.63, 3.8) is 0 Å². The van der Waals surface area contributed by atoms with Crippen LogP contribution in [0.3, 0.4) is 0 Å². The van der Waals surface area contributed by atoms with Gasteiger partial charge in [-0.3, -0.25) is 14.6 Å². The lowest BCUT2D eigenvalue weighted by Gasteiger charge is -2.22. The molecule has 0 spiro atoms. The van der Waals surface area contributed by atoms with Crippen molar-refractivity contribution in [1.29, 1.82) is 0 Å².